The first-order chi connectivity index (χ1) is 12.2. The van der Waals surface area contributed by atoms with Crippen LogP contribution in [-0.2, 0) is 19.7 Å². The number of carbonyl (C=O) groups is 1. The van der Waals surface area contributed by atoms with Crippen molar-refractivity contribution in [3.63, 3.8) is 0 Å². The Bertz CT molecular complexity index is 537. The van der Waals surface area contributed by atoms with Crippen LogP contribution in [-0.4, -0.2) is 50.3 Å². The van der Waals surface area contributed by atoms with E-state index in [4.69, 9.17) is 9.47 Å². The lowest BCUT2D eigenvalue weighted by molar-refractivity contribution is -0.152. The molecule has 0 aliphatic carbocycles. The van der Waals surface area contributed by atoms with E-state index < -0.39 is 5.41 Å². The number of rotatable bonds is 6. The van der Waals surface area contributed by atoms with Crippen LogP contribution in [0.1, 0.15) is 44.6 Å². The molecule has 0 unspecified atom stereocenters. The number of nitrogens with zero attached hydrogens (tertiary/aromatic N) is 1. The maximum atomic E-state index is 12.8. The lowest BCUT2D eigenvalue weighted by atomic mass is 9.72. The van der Waals surface area contributed by atoms with Gasteiger partial charge in [-0.05, 0) is 70.1 Å². The van der Waals surface area contributed by atoms with Crippen LogP contribution in [0.2, 0.25) is 0 Å². The summed E-state index contributed by atoms with van der Waals surface area (Å²) in [6.07, 6.45) is 5.35. The molecule has 2 fully saturated rings. The summed E-state index contributed by atoms with van der Waals surface area (Å²) in [5.41, 5.74) is 0.643. The molecule has 0 saturated carbocycles. The van der Waals surface area contributed by atoms with Gasteiger partial charge >= 0.3 is 5.97 Å². The normalized spacial score (nSPS) is 21.0. The molecule has 4 nitrogen and oxygen atoms in total. The summed E-state index contributed by atoms with van der Waals surface area (Å²) in [4.78, 5) is 15.3. The monoisotopic (exact) mass is 381 g/mol. The van der Waals surface area contributed by atoms with Crippen LogP contribution < -0.4 is 0 Å². The van der Waals surface area contributed by atoms with E-state index in [0.29, 0.717) is 6.61 Å². The third-order valence-electron chi connectivity index (χ3n) is 5.90. The second-order valence-electron chi connectivity index (χ2n) is 7.35. The molecule has 2 heterocycles. The Labute approximate surface area is 163 Å². The van der Waals surface area contributed by atoms with Gasteiger partial charge in [-0.3, -0.25) is 4.79 Å². The van der Waals surface area contributed by atoms with Crippen molar-refractivity contribution in [3.05, 3.63) is 35.9 Å². The topological polar surface area (TPSA) is 38.8 Å². The molecule has 0 N–H and O–H groups in total. The molecule has 146 valence electrons. The minimum absolute atomic E-state index is 0. The maximum absolute atomic E-state index is 12.8. The first kappa shape index (κ1) is 21.2. The second-order valence-corrected chi connectivity index (χ2v) is 7.35. The summed E-state index contributed by atoms with van der Waals surface area (Å²) >= 11 is 0. The summed E-state index contributed by atoms with van der Waals surface area (Å²) in [5.74, 6) is 0.755. The Balaban J connectivity index is 0.00000243. The fraction of sp³-hybridized carbons (Fsp3) is 0.667. The highest BCUT2D eigenvalue weighted by Gasteiger charge is 2.44. The fourth-order valence-corrected chi connectivity index (χ4v) is 4.20. The minimum Gasteiger partial charge on any atom is -0.465 e. The smallest absolute Gasteiger partial charge is 0.316 e. The van der Waals surface area contributed by atoms with Gasteiger partial charge in [-0.1, -0.05) is 30.3 Å². The Kier molecular flexibility index (Phi) is 8.39. The van der Waals surface area contributed by atoms with Gasteiger partial charge in [0.1, 0.15) is 0 Å². The quantitative estimate of drug-likeness (QED) is 0.702. The Hall–Kier alpha value is -1.10. The lowest BCUT2D eigenvalue weighted by Gasteiger charge is -2.40. The van der Waals surface area contributed by atoms with Crippen LogP contribution >= 0.6 is 12.4 Å². The van der Waals surface area contributed by atoms with Crippen molar-refractivity contribution in [1.29, 1.82) is 0 Å². The summed E-state index contributed by atoms with van der Waals surface area (Å²) in [6, 6.07) is 10.2. The number of esters is 1. The molecule has 2 aliphatic heterocycles. The third-order valence-corrected chi connectivity index (χ3v) is 5.90. The summed E-state index contributed by atoms with van der Waals surface area (Å²) < 4.78 is 10.9. The van der Waals surface area contributed by atoms with Crippen LogP contribution in [0.5, 0.6) is 0 Å². The Morgan fingerprint density at radius 1 is 1.19 bits per heavy atom. The molecular formula is C21H32ClNO3. The predicted octanol–water partition coefficient (Wildman–Crippen LogP) is 3.82. The van der Waals surface area contributed by atoms with Crippen molar-refractivity contribution in [1.82, 2.24) is 4.90 Å². The average molecular weight is 382 g/mol. The van der Waals surface area contributed by atoms with Crippen molar-refractivity contribution in [2.24, 2.45) is 5.92 Å². The molecule has 0 bridgehead atoms. The third kappa shape index (κ3) is 4.99. The average Bonchev–Trinajstić information content (AvgIpc) is 2.68. The first-order valence-electron chi connectivity index (χ1n) is 9.77. The van der Waals surface area contributed by atoms with Crippen molar-refractivity contribution in [2.45, 2.75) is 44.4 Å². The molecule has 5 heteroatoms. The van der Waals surface area contributed by atoms with Crippen molar-refractivity contribution < 1.29 is 14.3 Å². The van der Waals surface area contributed by atoms with E-state index in [1.165, 1.54) is 19.3 Å². The zero-order valence-corrected chi connectivity index (χ0v) is 16.6. The number of ether oxygens (including phenoxy) is 2. The first-order valence-corrected chi connectivity index (χ1v) is 9.77. The van der Waals surface area contributed by atoms with Gasteiger partial charge in [-0.2, -0.15) is 0 Å². The number of carbonyl (C=O) groups excluding carboxylic acids is 1. The van der Waals surface area contributed by atoms with Crippen LogP contribution in [0.15, 0.2) is 30.3 Å². The second kappa shape index (κ2) is 10.3. The van der Waals surface area contributed by atoms with Gasteiger partial charge < -0.3 is 14.4 Å². The molecule has 26 heavy (non-hydrogen) atoms. The van der Waals surface area contributed by atoms with E-state index in [-0.39, 0.29) is 18.4 Å². The summed E-state index contributed by atoms with van der Waals surface area (Å²) in [6.45, 7) is 7.25. The number of benzene rings is 1. The van der Waals surface area contributed by atoms with Crippen LogP contribution in [0, 0.1) is 5.92 Å². The van der Waals surface area contributed by atoms with E-state index in [0.717, 1.165) is 57.2 Å². The maximum Gasteiger partial charge on any atom is 0.316 e. The molecule has 0 radical (unpaired) electrons. The van der Waals surface area contributed by atoms with Gasteiger partial charge in [0.15, 0.2) is 0 Å². The number of hydrogen-bond donors (Lipinski definition) is 0. The molecule has 2 aliphatic rings. The van der Waals surface area contributed by atoms with E-state index in [2.05, 4.69) is 17.0 Å². The van der Waals surface area contributed by atoms with Gasteiger partial charge in [0, 0.05) is 13.2 Å². The molecule has 0 atom stereocenters. The van der Waals surface area contributed by atoms with Gasteiger partial charge in [0.25, 0.3) is 0 Å². The van der Waals surface area contributed by atoms with Crippen molar-refractivity contribution >= 4 is 18.4 Å². The van der Waals surface area contributed by atoms with Gasteiger partial charge in [0.2, 0.25) is 0 Å². The van der Waals surface area contributed by atoms with Gasteiger partial charge in [0.05, 0.1) is 12.0 Å². The highest BCUT2D eigenvalue weighted by Crippen LogP contribution is 2.37. The lowest BCUT2D eigenvalue weighted by Crippen LogP contribution is -2.48. The summed E-state index contributed by atoms with van der Waals surface area (Å²) in [5, 5.41) is 0. The van der Waals surface area contributed by atoms with Crippen LogP contribution in [0.4, 0.5) is 0 Å². The van der Waals surface area contributed by atoms with E-state index in [1.54, 1.807) is 0 Å². The summed E-state index contributed by atoms with van der Waals surface area (Å²) in [7, 11) is 0. The number of halogens is 1. The number of piperidine rings is 1. The number of hydrogen-bond acceptors (Lipinski definition) is 4. The molecule has 1 aromatic rings. The molecule has 0 amide bonds. The van der Waals surface area contributed by atoms with Gasteiger partial charge in [-0.25, -0.2) is 0 Å². The van der Waals surface area contributed by atoms with E-state index >= 15 is 0 Å². The molecule has 2 saturated heterocycles. The largest absolute Gasteiger partial charge is 0.465 e. The predicted molar refractivity (Wildman–Crippen MR) is 106 cm³/mol. The zero-order valence-electron chi connectivity index (χ0n) is 15.8. The minimum atomic E-state index is -0.466. The number of likely N-dealkylation sites (tertiary alicyclic amines) is 1. The van der Waals surface area contributed by atoms with Gasteiger partial charge in [-0.15, -0.1) is 12.4 Å². The Morgan fingerprint density at radius 3 is 2.46 bits per heavy atom. The standard InChI is InChI=1S/C21H31NO3.ClH/c1-2-25-20(23)21(19-6-4-3-5-7-19)11-14-22(15-12-21)13-8-18-9-16-24-17-10-18;/h3-7,18H,2,8-17H2,1H3;1H. The molecule has 0 aromatic heterocycles. The van der Waals surface area contributed by atoms with Crippen molar-refractivity contribution in [2.75, 3.05) is 39.5 Å². The molecular weight excluding hydrogens is 350 g/mol. The zero-order chi connectivity index (χ0) is 17.5. The SMILES string of the molecule is CCOC(=O)C1(c2ccccc2)CCN(CCC2CCOCC2)CC1.Cl. The molecule has 0 spiro atoms. The van der Waals surface area contributed by atoms with E-state index in [9.17, 15) is 4.79 Å². The highest BCUT2D eigenvalue weighted by molar-refractivity contribution is 5.85. The molecule has 3 rings (SSSR count). The Morgan fingerprint density at radius 2 is 1.85 bits per heavy atom. The van der Waals surface area contributed by atoms with Crippen LogP contribution in [0.3, 0.4) is 0 Å². The van der Waals surface area contributed by atoms with Crippen molar-refractivity contribution in [3.8, 4) is 0 Å². The van der Waals surface area contributed by atoms with Crippen LogP contribution in [0.25, 0.3) is 0 Å². The molecule has 1 aromatic carbocycles. The fourth-order valence-electron chi connectivity index (χ4n) is 4.20. The highest BCUT2D eigenvalue weighted by atomic mass is 35.5. The van der Waals surface area contributed by atoms with E-state index in [1.807, 2.05) is 25.1 Å².